The minimum atomic E-state index is -4.08. The number of aliphatic carboxylic acids is 1. The van der Waals surface area contributed by atoms with E-state index in [1.54, 1.807) is 54.6 Å². The molecule has 0 fully saturated rings. The van der Waals surface area contributed by atoms with Crippen LogP contribution in [0.5, 0.6) is 5.75 Å². The van der Waals surface area contributed by atoms with E-state index in [2.05, 4.69) is 0 Å². The molecule has 1 aromatic carbocycles. The van der Waals surface area contributed by atoms with Gasteiger partial charge in [0, 0.05) is 28.0 Å². The molecule has 1 unspecified atom stereocenters. The lowest BCUT2D eigenvalue weighted by molar-refractivity contribution is -0.139. The number of carboxylic acids is 1. The van der Waals surface area contributed by atoms with Crippen molar-refractivity contribution in [2.24, 2.45) is 0 Å². The fourth-order valence-electron chi connectivity index (χ4n) is 4.03. The summed E-state index contributed by atoms with van der Waals surface area (Å²) in [6.45, 7) is -4.53. The zero-order chi connectivity index (χ0) is 20.9. The fourth-order valence-corrected chi connectivity index (χ4v) is 4.78. The molecular weight excluding hydrogens is 409 g/mol. The van der Waals surface area contributed by atoms with Gasteiger partial charge in [0.25, 0.3) is 0 Å². The Bertz CT molecular complexity index is 1170. The Kier molecular flexibility index (Phi) is 4.28. The standard InChI is InChI=1S/C21H16BF2N2O3S/c23-22(24)25-15(12-16-6-10-19(26(16)22)20-2-1-11-30-20)5-9-18(25)14-3-7-17(8-4-14)29-13-21(27)28/h1-12,18H,13H2,(H,27,28)/q-1. The predicted octanol–water partition coefficient (Wildman–Crippen LogP) is 4.87. The van der Waals surface area contributed by atoms with Gasteiger partial charge in [-0.25, -0.2) is 4.79 Å². The van der Waals surface area contributed by atoms with E-state index in [1.165, 1.54) is 11.3 Å². The Hall–Kier alpha value is -3.33. The van der Waals surface area contributed by atoms with Crippen molar-refractivity contribution in [2.45, 2.75) is 6.04 Å². The number of nitrogens with zero attached hydrogens (tertiary/aromatic N) is 2. The van der Waals surface area contributed by atoms with Gasteiger partial charge in [-0.2, -0.15) is 0 Å². The number of allylic oxidation sites excluding steroid dienone is 1. The van der Waals surface area contributed by atoms with Crippen molar-refractivity contribution in [3.63, 3.8) is 0 Å². The average Bonchev–Trinajstić information content (AvgIpc) is 3.46. The molecule has 5 nitrogen and oxygen atoms in total. The quantitative estimate of drug-likeness (QED) is 0.593. The average molecular weight is 425 g/mol. The first-order chi connectivity index (χ1) is 14.4. The Morgan fingerprint density at radius 3 is 2.67 bits per heavy atom. The van der Waals surface area contributed by atoms with Gasteiger partial charge in [0.15, 0.2) is 6.61 Å². The van der Waals surface area contributed by atoms with E-state index in [9.17, 15) is 4.79 Å². The van der Waals surface area contributed by atoms with Crippen LogP contribution in [0.4, 0.5) is 8.63 Å². The Labute approximate surface area is 175 Å². The van der Waals surface area contributed by atoms with Crippen molar-refractivity contribution in [3.05, 3.63) is 83.0 Å². The third-order valence-electron chi connectivity index (χ3n) is 5.30. The van der Waals surface area contributed by atoms with Crippen molar-refractivity contribution in [2.75, 3.05) is 6.61 Å². The van der Waals surface area contributed by atoms with Crippen LogP contribution < -0.4 is 4.74 Å². The highest BCUT2D eigenvalue weighted by molar-refractivity contribution is 7.13. The number of halogens is 2. The van der Waals surface area contributed by atoms with E-state index < -0.39 is 25.6 Å². The molecule has 5 rings (SSSR count). The summed E-state index contributed by atoms with van der Waals surface area (Å²) < 4.78 is 38.0. The van der Waals surface area contributed by atoms with Gasteiger partial charge in [0.1, 0.15) is 5.75 Å². The molecule has 0 radical (unpaired) electrons. The van der Waals surface area contributed by atoms with Gasteiger partial charge >= 0.3 is 12.9 Å². The lowest BCUT2D eigenvalue weighted by Crippen LogP contribution is -2.54. The summed E-state index contributed by atoms with van der Waals surface area (Å²) in [4.78, 5) is 12.6. The highest BCUT2D eigenvalue weighted by atomic mass is 32.1. The first kappa shape index (κ1) is 18.7. The molecule has 2 aliphatic rings. The first-order valence-electron chi connectivity index (χ1n) is 9.35. The number of hydrogen-bond acceptors (Lipinski definition) is 4. The Morgan fingerprint density at radius 2 is 1.97 bits per heavy atom. The summed E-state index contributed by atoms with van der Waals surface area (Å²) in [5, 5.41) is 10.6. The lowest BCUT2D eigenvalue weighted by Gasteiger charge is -2.47. The van der Waals surface area contributed by atoms with Gasteiger partial charge in [-0.3, -0.25) is 0 Å². The number of ether oxygens (including phenoxy) is 1. The van der Waals surface area contributed by atoms with E-state index >= 15 is 8.63 Å². The number of thiophene rings is 1. The SMILES string of the molecule is O=C(O)COc1ccc(C2C=CC3=Cc4ccc(-c5cccs5)n4[B-](F)(F)N32)cc1. The maximum absolute atomic E-state index is 15.8. The van der Waals surface area contributed by atoms with Crippen LogP contribution in [0.15, 0.2) is 71.8 Å². The van der Waals surface area contributed by atoms with Crippen molar-refractivity contribution >= 4 is 30.4 Å². The third-order valence-corrected chi connectivity index (χ3v) is 6.19. The summed E-state index contributed by atoms with van der Waals surface area (Å²) >= 11 is 1.43. The predicted molar refractivity (Wildman–Crippen MR) is 112 cm³/mol. The molecule has 0 saturated carbocycles. The monoisotopic (exact) mass is 425 g/mol. The summed E-state index contributed by atoms with van der Waals surface area (Å²) in [6, 6.07) is 13.1. The highest BCUT2D eigenvalue weighted by Crippen LogP contribution is 2.45. The number of carboxylic acid groups (broad SMARTS) is 1. The minimum Gasteiger partial charge on any atom is -0.482 e. The third kappa shape index (κ3) is 2.93. The van der Waals surface area contributed by atoms with Crippen molar-refractivity contribution in [3.8, 4) is 16.3 Å². The second-order valence-corrected chi connectivity index (χ2v) is 8.06. The van der Waals surface area contributed by atoms with Crippen LogP contribution in [0.1, 0.15) is 17.3 Å². The van der Waals surface area contributed by atoms with Crippen molar-refractivity contribution in [1.29, 1.82) is 0 Å². The van der Waals surface area contributed by atoms with Gasteiger partial charge in [-0.05, 0) is 53.4 Å². The smallest absolute Gasteiger partial charge is 0.482 e. The number of benzene rings is 1. The van der Waals surface area contributed by atoms with E-state index in [0.717, 1.165) is 14.2 Å². The zero-order valence-electron chi connectivity index (χ0n) is 15.6. The molecule has 0 bridgehead atoms. The number of aromatic nitrogens is 1. The van der Waals surface area contributed by atoms with E-state index in [4.69, 9.17) is 9.84 Å². The first-order valence-corrected chi connectivity index (χ1v) is 10.2. The summed E-state index contributed by atoms with van der Waals surface area (Å²) in [7, 11) is 0. The van der Waals surface area contributed by atoms with Gasteiger partial charge in [0.05, 0.1) is 0 Å². The molecule has 2 aromatic heterocycles. The molecule has 2 aliphatic heterocycles. The van der Waals surface area contributed by atoms with Crippen molar-refractivity contribution < 1.29 is 23.3 Å². The Balaban J connectivity index is 1.49. The molecule has 0 saturated heterocycles. The van der Waals surface area contributed by atoms with Gasteiger partial charge in [-0.1, -0.05) is 24.3 Å². The van der Waals surface area contributed by atoms with Crippen LogP contribution in [0, 0.1) is 0 Å². The van der Waals surface area contributed by atoms with Crippen LogP contribution in [-0.2, 0) is 4.79 Å². The molecule has 4 heterocycles. The fraction of sp³-hybridized carbons (Fsp3) is 0.0952. The summed E-state index contributed by atoms with van der Waals surface area (Å²) in [6.07, 6.45) is 5.25. The van der Waals surface area contributed by atoms with E-state index in [-0.39, 0.29) is 0 Å². The van der Waals surface area contributed by atoms with Crippen LogP contribution in [0.3, 0.4) is 0 Å². The number of carbonyl (C=O) groups is 1. The normalized spacial score (nSPS) is 18.7. The topological polar surface area (TPSA) is 54.7 Å². The Morgan fingerprint density at radius 1 is 1.17 bits per heavy atom. The summed E-state index contributed by atoms with van der Waals surface area (Å²) in [5.74, 6) is -0.699. The molecule has 0 spiro atoms. The maximum atomic E-state index is 15.8. The molecular formula is C21H16BF2N2O3S-. The largest absolute Gasteiger partial charge is 0.530 e. The number of fused-ring (bicyclic) bond motifs is 2. The molecule has 3 aromatic rings. The zero-order valence-corrected chi connectivity index (χ0v) is 16.4. The van der Waals surface area contributed by atoms with E-state index in [1.807, 2.05) is 17.5 Å². The van der Waals surface area contributed by atoms with Crippen LogP contribution >= 0.6 is 11.3 Å². The van der Waals surface area contributed by atoms with Crippen LogP contribution in [-0.4, -0.2) is 33.9 Å². The molecule has 30 heavy (non-hydrogen) atoms. The highest BCUT2D eigenvalue weighted by Gasteiger charge is 2.45. The van der Waals surface area contributed by atoms with Gasteiger partial charge < -0.3 is 27.8 Å². The number of hydrogen-bond donors (Lipinski definition) is 1. The van der Waals surface area contributed by atoms with Crippen LogP contribution in [0.25, 0.3) is 16.6 Å². The molecule has 1 N–H and O–H groups in total. The number of rotatable bonds is 5. The lowest BCUT2D eigenvalue weighted by atomic mass is 9.86. The maximum Gasteiger partial charge on any atom is 0.530 e. The second kappa shape index (κ2) is 6.88. The van der Waals surface area contributed by atoms with Crippen molar-refractivity contribution in [1.82, 2.24) is 9.29 Å². The van der Waals surface area contributed by atoms with Gasteiger partial charge in [-0.15, -0.1) is 11.3 Å². The summed E-state index contributed by atoms with van der Waals surface area (Å²) in [5.41, 5.74) is 2.13. The minimum absolute atomic E-state index is 0.377. The molecule has 9 heteroatoms. The molecule has 0 aliphatic carbocycles. The second-order valence-electron chi connectivity index (χ2n) is 7.11. The van der Waals surface area contributed by atoms with Gasteiger partial charge in [0.2, 0.25) is 0 Å². The molecule has 152 valence electrons. The van der Waals surface area contributed by atoms with Crippen LogP contribution in [0.2, 0.25) is 0 Å². The molecule has 1 atom stereocenters. The van der Waals surface area contributed by atoms with E-state index in [0.29, 0.717) is 28.4 Å². The molecule has 0 amide bonds.